The normalized spacial score (nSPS) is 37.2. The maximum atomic E-state index is 9.69. The van der Waals surface area contributed by atoms with Crippen molar-refractivity contribution < 1.29 is 5.11 Å². The number of hydrogen-bond donors (Lipinski definition) is 2. The summed E-state index contributed by atoms with van der Waals surface area (Å²) in [5.41, 5.74) is 0.198. The van der Waals surface area contributed by atoms with Crippen LogP contribution in [0.25, 0.3) is 0 Å². The van der Waals surface area contributed by atoms with Crippen molar-refractivity contribution in [2.75, 3.05) is 13.2 Å². The number of aliphatic hydroxyl groups excluding tert-OH is 1. The van der Waals surface area contributed by atoms with Gasteiger partial charge in [0.15, 0.2) is 0 Å². The highest BCUT2D eigenvalue weighted by Crippen LogP contribution is 2.37. The second kappa shape index (κ2) is 5.71. The van der Waals surface area contributed by atoms with E-state index in [0.29, 0.717) is 12.6 Å². The lowest BCUT2D eigenvalue weighted by Gasteiger charge is -2.37. The molecule has 2 rings (SSSR count). The van der Waals surface area contributed by atoms with Crippen LogP contribution in [0.5, 0.6) is 0 Å². The van der Waals surface area contributed by atoms with Crippen LogP contribution in [0, 0.1) is 17.3 Å². The standard InChI is InChI=1S/C15H29NO/c1-12-6-7-14(13(12)2)16-10-15(11-17)8-4-3-5-9-15/h12-14,16-17H,3-11H2,1-2H3. The van der Waals surface area contributed by atoms with E-state index in [1.165, 1.54) is 44.9 Å². The smallest absolute Gasteiger partial charge is 0.0499 e. The van der Waals surface area contributed by atoms with Crippen LogP contribution in [0.1, 0.15) is 58.8 Å². The second-order valence-electron chi connectivity index (χ2n) is 6.62. The molecule has 0 aromatic rings. The average molecular weight is 239 g/mol. The first-order chi connectivity index (χ1) is 8.17. The third kappa shape index (κ3) is 3.03. The van der Waals surface area contributed by atoms with Crippen molar-refractivity contribution in [3.8, 4) is 0 Å². The first-order valence-corrected chi connectivity index (χ1v) is 7.51. The van der Waals surface area contributed by atoms with Crippen LogP contribution >= 0.6 is 0 Å². The molecule has 2 aliphatic carbocycles. The van der Waals surface area contributed by atoms with E-state index in [-0.39, 0.29) is 5.41 Å². The molecule has 2 aliphatic rings. The first kappa shape index (κ1) is 13.4. The molecule has 2 saturated carbocycles. The molecule has 0 aromatic heterocycles. The van der Waals surface area contributed by atoms with Gasteiger partial charge in [-0.1, -0.05) is 33.1 Å². The van der Waals surface area contributed by atoms with E-state index in [1.807, 2.05) is 0 Å². The molecule has 3 atom stereocenters. The summed E-state index contributed by atoms with van der Waals surface area (Å²) in [7, 11) is 0. The van der Waals surface area contributed by atoms with Gasteiger partial charge in [0.2, 0.25) is 0 Å². The fourth-order valence-electron chi connectivity index (χ4n) is 3.69. The predicted octanol–water partition coefficient (Wildman–Crippen LogP) is 2.95. The maximum Gasteiger partial charge on any atom is 0.0499 e. The maximum absolute atomic E-state index is 9.69. The van der Waals surface area contributed by atoms with Gasteiger partial charge in [0.1, 0.15) is 0 Å². The number of rotatable bonds is 4. The van der Waals surface area contributed by atoms with E-state index < -0.39 is 0 Å². The van der Waals surface area contributed by atoms with Crippen LogP contribution in [-0.2, 0) is 0 Å². The Morgan fingerprint density at radius 1 is 1.12 bits per heavy atom. The van der Waals surface area contributed by atoms with Crippen molar-refractivity contribution in [1.82, 2.24) is 5.32 Å². The fourth-order valence-corrected chi connectivity index (χ4v) is 3.69. The highest BCUT2D eigenvalue weighted by atomic mass is 16.3. The molecule has 0 spiro atoms. The van der Waals surface area contributed by atoms with E-state index in [1.54, 1.807) is 0 Å². The van der Waals surface area contributed by atoms with Crippen molar-refractivity contribution >= 4 is 0 Å². The Labute approximate surface area is 106 Å². The lowest BCUT2D eigenvalue weighted by Crippen LogP contribution is -2.44. The first-order valence-electron chi connectivity index (χ1n) is 7.51. The molecule has 3 unspecified atom stereocenters. The summed E-state index contributed by atoms with van der Waals surface area (Å²) in [5, 5.41) is 13.5. The van der Waals surface area contributed by atoms with E-state index in [0.717, 1.165) is 18.4 Å². The van der Waals surface area contributed by atoms with Crippen molar-refractivity contribution in [1.29, 1.82) is 0 Å². The largest absolute Gasteiger partial charge is 0.396 e. The summed E-state index contributed by atoms with van der Waals surface area (Å²) >= 11 is 0. The summed E-state index contributed by atoms with van der Waals surface area (Å²) in [6.45, 7) is 6.15. The van der Waals surface area contributed by atoms with Gasteiger partial charge in [0.25, 0.3) is 0 Å². The summed E-state index contributed by atoms with van der Waals surface area (Å²) in [5.74, 6) is 1.67. The van der Waals surface area contributed by atoms with Crippen molar-refractivity contribution in [3.63, 3.8) is 0 Å². The van der Waals surface area contributed by atoms with Gasteiger partial charge < -0.3 is 10.4 Å². The molecule has 2 N–H and O–H groups in total. The summed E-state index contributed by atoms with van der Waals surface area (Å²) in [6.07, 6.45) is 9.09. The molecule has 2 heteroatoms. The summed E-state index contributed by atoms with van der Waals surface area (Å²) in [6, 6.07) is 0.690. The molecule has 0 saturated heterocycles. The van der Waals surface area contributed by atoms with Crippen molar-refractivity contribution in [2.45, 2.75) is 64.8 Å². The van der Waals surface area contributed by atoms with Crippen LogP contribution in [-0.4, -0.2) is 24.3 Å². The van der Waals surface area contributed by atoms with Crippen LogP contribution in [0.4, 0.5) is 0 Å². The van der Waals surface area contributed by atoms with Crippen LogP contribution in [0.3, 0.4) is 0 Å². The Morgan fingerprint density at radius 3 is 2.35 bits per heavy atom. The number of hydrogen-bond acceptors (Lipinski definition) is 2. The second-order valence-corrected chi connectivity index (χ2v) is 6.62. The molecule has 0 heterocycles. The molecule has 0 amide bonds. The van der Waals surface area contributed by atoms with Gasteiger partial charge in [-0.2, -0.15) is 0 Å². The number of aliphatic hydroxyl groups is 1. The molecule has 0 aromatic carbocycles. The van der Waals surface area contributed by atoms with Crippen LogP contribution < -0.4 is 5.32 Å². The molecular weight excluding hydrogens is 210 g/mol. The third-order valence-electron chi connectivity index (χ3n) is 5.45. The molecule has 0 aliphatic heterocycles. The van der Waals surface area contributed by atoms with Gasteiger partial charge >= 0.3 is 0 Å². The average Bonchev–Trinajstić information content (AvgIpc) is 2.69. The molecule has 2 nitrogen and oxygen atoms in total. The van der Waals surface area contributed by atoms with E-state index in [4.69, 9.17) is 0 Å². The van der Waals surface area contributed by atoms with Gasteiger partial charge in [0.05, 0.1) is 0 Å². The Kier molecular flexibility index (Phi) is 4.48. The zero-order valence-electron chi connectivity index (χ0n) is 11.5. The monoisotopic (exact) mass is 239 g/mol. The van der Waals surface area contributed by atoms with Gasteiger partial charge in [-0.25, -0.2) is 0 Å². The third-order valence-corrected chi connectivity index (χ3v) is 5.45. The minimum atomic E-state index is 0.198. The summed E-state index contributed by atoms with van der Waals surface area (Å²) < 4.78 is 0. The summed E-state index contributed by atoms with van der Waals surface area (Å²) in [4.78, 5) is 0. The van der Waals surface area contributed by atoms with Gasteiger partial charge in [-0.3, -0.25) is 0 Å². The van der Waals surface area contributed by atoms with Crippen molar-refractivity contribution in [3.05, 3.63) is 0 Å². The topological polar surface area (TPSA) is 32.3 Å². The number of nitrogens with one attached hydrogen (secondary N) is 1. The molecule has 0 radical (unpaired) electrons. The van der Waals surface area contributed by atoms with E-state index >= 15 is 0 Å². The zero-order valence-corrected chi connectivity index (χ0v) is 11.5. The van der Waals surface area contributed by atoms with Crippen LogP contribution in [0.2, 0.25) is 0 Å². The Morgan fingerprint density at radius 2 is 1.82 bits per heavy atom. The van der Waals surface area contributed by atoms with Gasteiger partial charge in [-0.15, -0.1) is 0 Å². The predicted molar refractivity (Wildman–Crippen MR) is 72.0 cm³/mol. The molecular formula is C15H29NO. The Bertz CT molecular complexity index is 235. The lowest BCUT2D eigenvalue weighted by molar-refractivity contribution is 0.0766. The minimum absolute atomic E-state index is 0.198. The fraction of sp³-hybridized carbons (Fsp3) is 1.00. The minimum Gasteiger partial charge on any atom is -0.396 e. The van der Waals surface area contributed by atoms with Crippen molar-refractivity contribution in [2.24, 2.45) is 17.3 Å². The van der Waals surface area contributed by atoms with Gasteiger partial charge in [-0.05, 0) is 37.5 Å². The zero-order chi connectivity index (χ0) is 12.3. The SMILES string of the molecule is CC1CCC(NCC2(CO)CCCCC2)C1C. The molecule has 0 bridgehead atoms. The molecule has 100 valence electrons. The highest BCUT2D eigenvalue weighted by molar-refractivity contribution is 4.90. The van der Waals surface area contributed by atoms with Crippen LogP contribution in [0.15, 0.2) is 0 Å². The Balaban J connectivity index is 1.83. The Hall–Kier alpha value is -0.0800. The van der Waals surface area contributed by atoms with Gasteiger partial charge in [0, 0.05) is 24.6 Å². The van der Waals surface area contributed by atoms with E-state index in [9.17, 15) is 5.11 Å². The lowest BCUT2D eigenvalue weighted by atomic mass is 9.74. The van der Waals surface area contributed by atoms with E-state index in [2.05, 4.69) is 19.2 Å². The quantitative estimate of drug-likeness (QED) is 0.790. The molecule has 2 fully saturated rings. The highest BCUT2D eigenvalue weighted by Gasteiger charge is 2.34. The molecule has 17 heavy (non-hydrogen) atoms.